The van der Waals surface area contributed by atoms with E-state index in [0.717, 1.165) is 0 Å². The minimum Gasteiger partial charge on any atom is -0.483 e. The lowest BCUT2D eigenvalue weighted by molar-refractivity contribution is -0.122. The predicted molar refractivity (Wildman–Crippen MR) is 92.0 cm³/mol. The number of amides is 1. The highest BCUT2D eigenvalue weighted by Gasteiger charge is 2.29. The first-order chi connectivity index (χ1) is 13.1. The highest BCUT2D eigenvalue weighted by Crippen LogP contribution is 2.22. The van der Waals surface area contributed by atoms with E-state index in [1.165, 1.54) is 6.07 Å². The Kier molecular flexibility index (Phi) is 5.52. The molecule has 1 saturated heterocycles. The van der Waals surface area contributed by atoms with Gasteiger partial charge < -0.3 is 19.7 Å². The van der Waals surface area contributed by atoms with Gasteiger partial charge in [0, 0.05) is 23.5 Å². The summed E-state index contributed by atoms with van der Waals surface area (Å²) in [7, 11) is 0. The number of carbonyl (C=O) groups is 2. The molecule has 1 atom stereocenters. The number of nitrogens with zero attached hydrogens (tertiary/aromatic N) is 4. The Hall–Kier alpha value is -3.60. The Balaban J connectivity index is 0.000000659. The van der Waals surface area contributed by atoms with Gasteiger partial charge in [-0.2, -0.15) is 5.21 Å². The summed E-state index contributed by atoms with van der Waals surface area (Å²) in [4.78, 5) is 37.5. The molecule has 0 radical (unpaired) electrons. The van der Waals surface area contributed by atoms with Crippen molar-refractivity contribution in [1.29, 1.82) is 0 Å². The SMILES string of the molecule is O=C(c1cc(=O)[nH]c2ccccc12)N1CCOC(c2nn[nH]n2)C1.O=CO. The number of carbonyl (C=O) groups excluding carboxylic acids is 1. The van der Waals surface area contributed by atoms with Gasteiger partial charge in [-0.3, -0.25) is 14.4 Å². The van der Waals surface area contributed by atoms with Crippen molar-refractivity contribution in [2.45, 2.75) is 6.10 Å². The van der Waals surface area contributed by atoms with E-state index < -0.39 is 6.10 Å². The summed E-state index contributed by atoms with van der Waals surface area (Å²) in [5, 5.41) is 21.3. The highest BCUT2D eigenvalue weighted by molar-refractivity contribution is 6.05. The molecule has 2 aromatic heterocycles. The van der Waals surface area contributed by atoms with Gasteiger partial charge in [-0.15, -0.1) is 10.2 Å². The minimum absolute atomic E-state index is 0.214. The predicted octanol–water partition coefficient (Wildman–Crippen LogP) is -0.0443. The van der Waals surface area contributed by atoms with Crippen LogP contribution in [0.1, 0.15) is 22.3 Å². The van der Waals surface area contributed by atoms with E-state index >= 15 is 0 Å². The van der Waals surface area contributed by atoms with Gasteiger partial charge in [-0.25, -0.2) is 0 Å². The van der Waals surface area contributed by atoms with Gasteiger partial charge in [0.2, 0.25) is 11.4 Å². The van der Waals surface area contributed by atoms with Crippen molar-refractivity contribution in [1.82, 2.24) is 30.5 Å². The molecule has 3 heterocycles. The lowest BCUT2D eigenvalue weighted by atomic mass is 10.1. The Morgan fingerprint density at radius 3 is 2.89 bits per heavy atom. The van der Waals surface area contributed by atoms with Gasteiger partial charge in [0.1, 0.15) is 6.10 Å². The Morgan fingerprint density at radius 2 is 2.15 bits per heavy atom. The van der Waals surface area contributed by atoms with Crippen molar-refractivity contribution < 1.29 is 19.4 Å². The summed E-state index contributed by atoms with van der Waals surface area (Å²) in [5.41, 5.74) is 0.708. The molecular formula is C16H16N6O5. The number of tetrazole rings is 1. The van der Waals surface area contributed by atoms with Crippen LogP contribution in [0.15, 0.2) is 35.1 Å². The van der Waals surface area contributed by atoms with Gasteiger partial charge >= 0.3 is 0 Å². The number of pyridine rings is 1. The average molecular weight is 372 g/mol. The molecule has 4 rings (SSSR count). The second-order valence-corrected chi connectivity index (χ2v) is 5.58. The summed E-state index contributed by atoms with van der Waals surface area (Å²) >= 11 is 0. The molecule has 11 heteroatoms. The number of aromatic amines is 2. The van der Waals surface area contributed by atoms with Crippen molar-refractivity contribution in [3.8, 4) is 0 Å². The summed E-state index contributed by atoms with van der Waals surface area (Å²) in [5.74, 6) is 0.192. The fourth-order valence-electron chi connectivity index (χ4n) is 2.85. The fourth-order valence-corrected chi connectivity index (χ4v) is 2.85. The number of rotatable bonds is 2. The second kappa shape index (κ2) is 8.19. The second-order valence-electron chi connectivity index (χ2n) is 5.58. The van der Waals surface area contributed by atoms with Crippen LogP contribution in [-0.2, 0) is 9.53 Å². The van der Waals surface area contributed by atoms with E-state index in [1.807, 2.05) is 18.2 Å². The summed E-state index contributed by atoms with van der Waals surface area (Å²) in [6, 6.07) is 8.57. The molecule has 0 spiro atoms. The molecular weight excluding hydrogens is 356 g/mol. The molecule has 11 nitrogen and oxygen atoms in total. The third-order valence-corrected chi connectivity index (χ3v) is 3.98. The van der Waals surface area contributed by atoms with Gasteiger partial charge in [0.05, 0.1) is 18.7 Å². The zero-order valence-electron chi connectivity index (χ0n) is 14.0. The zero-order chi connectivity index (χ0) is 19.2. The smallest absolute Gasteiger partial charge is 0.290 e. The summed E-state index contributed by atoms with van der Waals surface area (Å²) in [6.45, 7) is 0.861. The number of H-pyrrole nitrogens is 2. The van der Waals surface area contributed by atoms with Crippen molar-refractivity contribution >= 4 is 23.3 Å². The number of fused-ring (bicyclic) bond motifs is 1. The van der Waals surface area contributed by atoms with Gasteiger partial charge in [0.15, 0.2) is 0 Å². The largest absolute Gasteiger partial charge is 0.483 e. The van der Waals surface area contributed by atoms with Crippen LogP contribution in [0.3, 0.4) is 0 Å². The first-order valence-electron chi connectivity index (χ1n) is 7.98. The highest BCUT2D eigenvalue weighted by atomic mass is 16.5. The third-order valence-electron chi connectivity index (χ3n) is 3.98. The number of morpholine rings is 1. The molecule has 1 unspecified atom stereocenters. The summed E-state index contributed by atoms with van der Waals surface area (Å²) < 4.78 is 5.60. The van der Waals surface area contributed by atoms with Crippen LogP contribution in [-0.4, -0.2) is 67.7 Å². The van der Waals surface area contributed by atoms with E-state index in [2.05, 4.69) is 25.6 Å². The van der Waals surface area contributed by atoms with Crippen LogP contribution < -0.4 is 5.56 Å². The number of carboxylic acid groups (broad SMARTS) is 1. The number of aromatic nitrogens is 5. The Morgan fingerprint density at radius 1 is 1.37 bits per heavy atom. The topological polar surface area (TPSA) is 154 Å². The van der Waals surface area contributed by atoms with Gasteiger partial charge in [0.25, 0.3) is 12.4 Å². The first-order valence-corrected chi connectivity index (χ1v) is 7.98. The molecule has 0 saturated carbocycles. The molecule has 1 aliphatic heterocycles. The molecule has 0 aliphatic carbocycles. The van der Waals surface area contributed by atoms with Crippen molar-refractivity contribution in [3.05, 3.63) is 52.1 Å². The van der Waals surface area contributed by atoms with E-state index in [9.17, 15) is 9.59 Å². The van der Waals surface area contributed by atoms with Crippen molar-refractivity contribution in [2.75, 3.05) is 19.7 Å². The quantitative estimate of drug-likeness (QED) is 0.529. The number of ether oxygens (including phenoxy) is 1. The normalized spacial score (nSPS) is 16.4. The maximum absolute atomic E-state index is 12.9. The van der Waals surface area contributed by atoms with Gasteiger partial charge in [-0.1, -0.05) is 23.4 Å². The van der Waals surface area contributed by atoms with E-state index in [4.69, 9.17) is 14.6 Å². The standard InChI is InChI=1S/C15H14N6O3.CH2O2/c22-13-7-10(9-3-1-2-4-11(9)16-13)15(23)21-5-6-24-12(8-21)14-17-19-20-18-14;2-1-3/h1-4,7,12H,5-6,8H2,(H,16,22)(H,17,18,19,20);1H,(H,2,3). The van der Waals surface area contributed by atoms with E-state index in [-0.39, 0.29) is 17.9 Å². The van der Waals surface area contributed by atoms with Crippen LogP contribution in [0, 0.1) is 0 Å². The molecule has 3 N–H and O–H groups in total. The molecule has 1 fully saturated rings. The molecule has 1 amide bonds. The molecule has 1 aromatic carbocycles. The zero-order valence-corrected chi connectivity index (χ0v) is 14.0. The van der Waals surface area contributed by atoms with Crippen molar-refractivity contribution in [2.24, 2.45) is 0 Å². The number of hydrogen-bond acceptors (Lipinski definition) is 7. The number of hydrogen-bond donors (Lipinski definition) is 3. The third kappa shape index (κ3) is 3.98. The monoisotopic (exact) mass is 372 g/mol. The molecule has 0 bridgehead atoms. The van der Waals surface area contributed by atoms with Crippen LogP contribution in [0.4, 0.5) is 0 Å². The lowest BCUT2D eigenvalue weighted by Crippen LogP contribution is -2.42. The minimum atomic E-state index is -0.435. The number of para-hydroxylation sites is 1. The molecule has 27 heavy (non-hydrogen) atoms. The maximum Gasteiger partial charge on any atom is 0.290 e. The Labute approximate surface area is 152 Å². The van der Waals surface area contributed by atoms with E-state index in [1.54, 1.807) is 11.0 Å². The van der Waals surface area contributed by atoms with Crippen LogP contribution in [0.2, 0.25) is 0 Å². The maximum atomic E-state index is 12.9. The number of benzene rings is 1. The molecule has 3 aromatic rings. The number of nitrogens with one attached hydrogen (secondary N) is 2. The van der Waals surface area contributed by atoms with E-state index in [0.29, 0.717) is 42.0 Å². The van der Waals surface area contributed by atoms with Crippen LogP contribution in [0.5, 0.6) is 0 Å². The van der Waals surface area contributed by atoms with Crippen LogP contribution >= 0.6 is 0 Å². The first kappa shape index (κ1) is 18.2. The lowest BCUT2D eigenvalue weighted by Gasteiger charge is -2.31. The molecule has 1 aliphatic rings. The average Bonchev–Trinajstić information content (AvgIpc) is 3.22. The molecule has 140 valence electrons. The summed E-state index contributed by atoms with van der Waals surface area (Å²) in [6.07, 6.45) is -0.435. The van der Waals surface area contributed by atoms with Gasteiger partial charge in [-0.05, 0) is 6.07 Å². The Bertz CT molecular complexity index is 986. The van der Waals surface area contributed by atoms with Crippen molar-refractivity contribution in [3.63, 3.8) is 0 Å². The van der Waals surface area contributed by atoms with Crippen LogP contribution in [0.25, 0.3) is 10.9 Å². The fraction of sp³-hybridized carbons (Fsp3) is 0.250.